The molecule has 6 nitrogen and oxygen atoms in total. The summed E-state index contributed by atoms with van der Waals surface area (Å²) in [7, 11) is 0. The minimum atomic E-state index is -0.940. The summed E-state index contributed by atoms with van der Waals surface area (Å²) in [6.45, 7) is 8.58. The summed E-state index contributed by atoms with van der Waals surface area (Å²) >= 11 is 5.93. The number of halogens is 1. The maximum atomic E-state index is 13.4. The number of ether oxygens (including phenoxy) is 1. The molecule has 0 radical (unpaired) electrons. The molecule has 2 aliphatic heterocycles. The lowest BCUT2D eigenvalue weighted by atomic mass is 9.86. The number of amides is 1. The molecule has 1 N–H and O–H groups in total. The fourth-order valence-electron chi connectivity index (χ4n) is 4.20. The number of carbonyl (C=O) groups excluding carboxylic acids is 1. The van der Waals surface area contributed by atoms with Crippen molar-refractivity contribution in [3.63, 3.8) is 0 Å². The normalized spacial score (nSPS) is 21.0. The van der Waals surface area contributed by atoms with E-state index in [2.05, 4.69) is 10.2 Å². The smallest absolute Gasteiger partial charge is 0.266 e. The third-order valence-corrected chi connectivity index (χ3v) is 6.37. The van der Waals surface area contributed by atoms with E-state index in [0.717, 1.165) is 39.3 Å². The van der Waals surface area contributed by atoms with E-state index in [1.165, 1.54) is 0 Å². The lowest BCUT2D eigenvalue weighted by molar-refractivity contribution is -0.149. The highest BCUT2D eigenvalue weighted by Crippen LogP contribution is 2.43. The Morgan fingerprint density at radius 3 is 2.71 bits per heavy atom. The van der Waals surface area contributed by atoms with E-state index in [1.807, 2.05) is 33.8 Å². The minimum absolute atomic E-state index is 0.0386. The zero-order chi connectivity index (χ0) is 20.2. The number of carbonyl (C=O) groups is 1. The Hall–Kier alpha value is -2.34. The fraction of sp³-hybridized carbons (Fsp3) is 0.476. The van der Waals surface area contributed by atoms with Gasteiger partial charge in [-0.1, -0.05) is 11.6 Å². The molecule has 2 aliphatic rings. The summed E-state index contributed by atoms with van der Waals surface area (Å²) in [4.78, 5) is 15.2. The van der Waals surface area contributed by atoms with Crippen LogP contribution in [0.1, 0.15) is 46.9 Å². The molecule has 0 spiro atoms. The average Bonchev–Trinajstić information content (AvgIpc) is 2.69. The Balaban J connectivity index is 1.62. The average molecular weight is 402 g/mol. The van der Waals surface area contributed by atoms with Gasteiger partial charge in [-0.3, -0.25) is 4.79 Å². The number of phenolic OH excluding ortho intramolecular Hbond substituents is 1. The predicted octanol–water partition coefficient (Wildman–Crippen LogP) is 3.43. The predicted molar refractivity (Wildman–Crippen MR) is 106 cm³/mol. The van der Waals surface area contributed by atoms with E-state index in [-0.39, 0.29) is 5.91 Å². The number of hydrogen-bond donors (Lipinski definition) is 1. The molecule has 0 aliphatic carbocycles. The second-order valence-corrected chi connectivity index (χ2v) is 8.37. The summed E-state index contributed by atoms with van der Waals surface area (Å²) in [5.74, 6) is 1.02. The molecule has 28 heavy (non-hydrogen) atoms. The van der Waals surface area contributed by atoms with Crippen LogP contribution in [0.4, 0.5) is 0 Å². The zero-order valence-corrected chi connectivity index (χ0v) is 17.4. The molecule has 0 saturated heterocycles. The highest BCUT2D eigenvalue weighted by molar-refractivity contribution is 6.29. The van der Waals surface area contributed by atoms with Gasteiger partial charge >= 0.3 is 0 Å². The van der Waals surface area contributed by atoms with Gasteiger partial charge in [0.05, 0.1) is 12.2 Å². The van der Waals surface area contributed by atoms with Crippen LogP contribution >= 0.6 is 11.6 Å². The van der Waals surface area contributed by atoms with Gasteiger partial charge in [0.1, 0.15) is 11.5 Å². The molecule has 0 saturated carbocycles. The number of benzene rings is 1. The Morgan fingerprint density at radius 1 is 1.21 bits per heavy atom. The van der Waals surface area contributed by atoms with Gasteiger partial charge in [0.25, 0.3) is 5.91 Å². The van der Waals surface area contributed by atoms with Crippen LogP contribution in [0.3, 0.4) is 0 Å². The van der Waals surface area contributed by atoms with Crippen molar-refractivity contribution in [1.29, 1.82) is 0 Å². The summed E-state index contributed by atoms with van der Waals surface area (Å²) < 4.78 is 6.33. The van der Waals surface area contributed by atoms with E-state index in [1.54, 1.807) is 4.90 Å². The van der Waals surface area contributed by atoms with Gasteiger partial charge in [0.2, 0.25) is 0 Å². The van der Waals surface area contributed by atoms with Crippen molar-refractivity contribution in [3.8, 4) is 11.5 Å². The van der Waals surface area contributed by atoms with Gasteiger partial charge in [0.15, 0.2) is 10.8 Å². The molecule has 0 bridgehead atoms. The minimum Gasteiger partial charge on any atom is -0.507 e. The molecule has 1 aromatic carbocycles. The van der Waals surface area contributed by atoms with Crippen molar-refractivity contribution in [1.82, 2.24) is 15.1 Å². The summed E-state index contributed by atoms with van der Waals surface area (Å²) in [6, 6.07) is 1.82. The molecule has 1 amide bonds. The van der Waals surface area contributed by atoms with Crippen molar-refractivity contribution < 1.29 is 14.6 Å². The SMILES string of the molecule is Cc1c(C)c2c(c(C)c1O)CCC(C)(C(=O)N1CCc3cc(Cl)nnc3C1)O2. The first kappa shape index (κ1) is 19.0. The van der Waals surface area contributed by atoms with Crippen LogP contribution in [0.5, 0.6) is 11.5 Å². The van der Waals surface area contributed by atoms with Crippen LogP contribution in [-0.4, -0.2) is 38.3 Å². The van der Waals surface area contributed by atoms with E-state index >= 15 is 0 Å². The van der Waals surface area contributed by atoms with Crippen LogP contribution in [0, 0.1) is 20.8 Å². The monoisotopic (exact) mass is 401 g/mol. The van der Waals surface area contributed by atoms with E-state index in [9.17, 15) is 9.90 Å². The zero-order valence-electron chi connectivity index (χ0n) is 16.6. The van der Waals surface area contributed by atoms with Gasteiger partial charge in [-0.05, 0) is 68.9 Å². The topological polar surface area (TPSA) is 75.5 Å². The first-order chi connectivity index (χ1) is 13.2. The highest BCUT2D eigenvalue weighted by atomic mass is 35.5. The van der Waals surface area contributed by atoms with E-state index < -0.39 is 5.60 Å². The molecule has 4 rings (SSSR count). The van der Waals surface area contributed by atoms with Gasteiger partial charge < -0.3 is 14.7 Å². The second-order valence-electron chi connectivity index (χ2n) is 7.98. The largest absolute Gasteiger partial charge is 0.507 e. The van der Waals surface area contributed by atoms with Crippen molar-refractivity contribution >= 4 is 17.5 Å². The standard InChI is InChI=1S/C21H24ClN3O3/c1-11-12(2)19-15(13(3)18(11)26)5-7-21(4,28-19)20(27)25-8-6-14-9-17(22)24-23-16(14)10-25/h9,26H,5-8,10H2,1-4H3. The van der Waals surface area contributed by atoms with E-state index in [0.29, 0.717) is 43.3 Å². The molecular weight excluding hydrogens is 378 g/mol. The van der Waals surface area contributed by atoms with Crippen LogP contribution in [0.2, 0.25) is 5.15 Å². The van der Waals surface area contributed by atoms with Gasteiger partial charge in [-0.15, -0.1) is 5.10 Å². The summed E-state index contributed by atoms with van der Waals surface area (Å²) in [5.41, 5.74) is 4.42. The fourth-order valence-corrected chi connectivity index (χ4v) is 4.37. The molecular formula is C21H24ClN3O3. The first-order valence-electron chi connectivity index (χ1n) is 9.52. The molecule has 7 heteroatoms. The number of aromatic nitrogens is 2. The molecule has 1 aromatic heterocycles. The lowest BCUT2D eigenvalue weighted by Crippen LogP contribution is -2.53. The Bertz CT molecular complexity index is 992. The number of phenols is 1. The molecule has 1 atom stereocenters. The Morgan fingerprint density at radius 2 is 1.96 bits per heavy atom. The van der Waals surface area contributed by atoms with Gasteiger partial charge in [-0.2, -0.15) is 5.10 Å². The molecule has 3 heterocycles. The van der Waals surface area contributed by atoms with Gasteiger partial charge in [0, 0.05) is 18.5 Å². The van der Waals surface area contributed by atoms with Crippen molar-refractivity contribution in [2.75, 3.05) is 6.54 Å². The molecule has 0 fully saturated rings. The van der Waals surface area contributed by atoms with Crippen LogP contribution < -0.4 is 4.74 Å². The maximum Gasteiger partial charge on any atom is 0.266 e. The third kappa shape index (κ3) is 2.91. The van der Waals surface area contributed by atoms with E-state index in [4.69, 9.17) is 16.3 Å². The highest BCUT2D eigenvalue weighted by Gasteiger charge is 2.43. The number of aromatic hydroxyl groups is 1. The summed E-state index contributed by atoms with van der Waals surface area (Å²) in [5, 5.41) is 18.8. The third-order valence-electron chi connectivity index (χ3n) is 6.18. The molecule has 1 unspecified atom stereocenters. The Labute approximate surface area is 169 Å². The number of fused-ring (bicyclic) bond motifs is 2. The Kier molecular flexibility index (Phi) is 4.49. The lowest BCUT2D eigenvalue weighted by Gasteiger charge is -2.40. The van der Waals surface area contributed by atoms with Crippen LogP contribution in [0.15, 0.2) is 6.07 Å². The first-order valence-corrected chi connectivity index (χ1v) is 9.90. The number of nitrogens with zero attached hydrogens (tertiary/aromatic N) is 3. The van der Waals surface area contributed by atoms with Crippen LogP contribution in [-0.2, 0) is 24.2 Å². The maximum absolute atomic E-state index is 13.4. The van der Waals surface area contributed by atoms with Gasteiger partial charge in [-0.25, -0.2) is 0 Å². The number of hydrogen-bond acceptors (Lipinski definition) is 5. The van der Waals surface area contributed by atoms with Crippen molar-refractivity contribution in [3.05, 3.63) is 44.7 Å². The van der Waals surface area contributed by atoms with Crippen molar-refractivity contribution in [2.24, 2.45) is 0 Å². The van der Waals surface area contributed by atoms with Crippen LogP contribution in [0.25, 0.3) is 0 Å². The van der Waals surface area contributed by atoms with Crippen molar-refractivity contribution in [2.45, 2.75) is 59.1 Å². The second kappa shape index (κ2) is 6.62. The quantitative estimate of drug-likeness (QED) is 0.792. The molecule has 148 valence electrons. The molecule has 2 aromatic rings. The number of rotatable bonds is 1. The summed E-state index contributed by atoms with van der Waals surface area (Å²) in [6.07, 6.45) is 1.96.